The molecule has 27 heteroatoms. The van der Waals surface area contributed by atoms with Crippen LogP contribution in [0.5, 0.6) is 0 Å². The highest BCUT2D eigenvalue weighted by Crippen LogP contribution is 2.57. The summed E-state index contributed by atoms with van der Waals surface area (Å²) in [5.41, 5.74) is -6.62. The number of nitrogens with zero attached hydrogens (tertiary/aromatic N) is 2. The van der Waals surface area contributed by atoms with Crippen LogP contribution in [-0.4, -0.2) is 91.0 Å². The summed E-state index contributed by atoms with van der Waals surface area (Å²) in [6.07, 6.45) is -6.69. The summed E-state index contributed by atoms with van der Waals surface area (Å²) in [5.74, 6) is -6.30. The van der Waals surface area contributed by atoms with E-state index in [-0.39, 0.29) is 72.9 Å². The van der Waals surface area contributed by atoms with Gasteiger partial charge in [-0.25, -0.2) is 9.59 Å². The van der Waals surface area contributed by atoms with Crippen molar-refractivity contribution in [1.29, 1.82) is 0 Å². The fourth-order valence-corrected chi connectivity index (χ4v) is 10.9. The van der Waals surface area contributed by atoms with E-state index in [4.69, 9.17) is 14.7 Å². The molecule has 4 unspecified atom stereocenters. The summed E-state index contributed by atoms with van der Waals surface area (Å²) >= 11 is 0. The van der Waals surface area contributed by atoms with Gasteiger partial charge in [0, 0.05) is 34.8 Å². The molecule has 0 radical (unpaired) electrons. The van der Waals surface area contributed by atoms with Crippen LogP contribution >= 0.6 is 0 Å². The van der Waals surface area contributed by atoms with Gasteiger partial charge in [0.2, 0.25) is 0 Å². The average molecular weight is 1010 g/mol. The predicted octanol–water partition coefficient (Wildman–Crippen LogP) is 7.58. The number of Topliss-reactive ketones (excluding diaryl/α,β-unsaturated/α-hetero) is 2. The van der Waals surface area contributed by atoms with Crippen molar-refractivity contribution in [3.63, 3.8) is 0 Å². The maximum Gasteiger partial charge on any atom is 0.478 e. The zero-order valence-corrected chi connectivity index (χ0v) is 35.7. The van der Waals surface area contributed by atoms with E-state index in [0.29, 0.717) is 32.1 Å². The van der Waals surface area contributed by atoms with E-state index in [1.807, 2.05) is 0 Å². The lowest BCUT2D eigenvalue weighted by molar-refractivity contribution is -0.202. The van der Waals surface area contributed by atoms with Gasteiger partial charge in [-0.15, -0.1) is 0 Å². The fourth-order valence-electron chi connectivity index (χ4n) is 10.2. The van der Waals surface area contributed by atoms with Crippen molar-refractivity contribution in [3.8, 4) is 0 Å². The summed E-state index contributed by atoms with van der Waals surface area (Å²) in [6, 6.07) is 12.5. The summed E-state index contributed by atoms with van der Waals surface area (Å²) in [6.45, 7) is 0. The van der Waals surface area contributed by atoms with Crippen molar-refractivity contribution in [2.45, 2.75) is 98.3 Å². The van der Waals surface area contributed by atoms with Gasteiger partial charge in [-0.3, -0.25) is 13.9 Å². The number of rotatable bonds is 10. The van der Waals surface area contributed by atoms with Crippen LogP contribution in [0.3, 0.4) is 0 Å². The molecular formula is C40H37F11N2O12S2. The normalized spacial score (nSPS) is 29.3. The van der Waals surface area contributed by atoms with E-state index >= 15 is 0 Å². The molecule has 0 amide bonds. The monoisotopic (exact) mass is 1010 g/mol. The SMILES string of the molecule is O/N=C(/c1ccccc1)C(F)(F)F.O=C1C2CC3CC1CC(OC(=O)C(F)(F)S(=O)(=O)F)(C3)C2.O=C1C2CC3CC1CC(OC(=O)C(F)(F)S(=O)(=O)O/N=C(/c1ccccc1)C(F)(F)F)(C3)C2. The highest BCUT2D eigenvalue weighted by molar-refractivity contribution is 7.88. The first kappa shape index (κ1) is 51.2. The first-order chi connectivity index (χ1) is 30.8. The van der Waals surface area contributed by atoms with Crippen LogP contribution in [0.15, 0.2) is 71.0 Å². The van der Waals surface area contributed by atoms with Crippen molar-refractivity contribution >= 4 is 55.3 Å². The molecule has 8 aliphatic rings. The Bertz CT molecular complexity index is 2500. The molecule has 2 aromatic carbocycles. The van der Waals surface area contributed by atoms with Gasteiger partial charge in [0.15, 0.2) is 11.4 Å². The van der Waals surface area contributed by atoms with E-state index in [9.17, 15) is 83.8 Å². The van der Waals surface area contributed by atoms with Gasteiger partial charge in [-0.2, -0.15) is 60.7 Å². The lowest BCUT2D eigenvalue weighted by atomic mass is 9.53. The molecule has 10 rings (SSSR count). The Kier molecular flexibility index (Phi) is 13.8. The molecule has 0 saturated heterocycles. The number of halogens is 11. The molecule has 1 N–H and O–H groups in total. The topological polar surface area (TPSA) is 209 Å². The Labute approximate surface area is 373 Å². The molecule has 0 heterocycles. The fraction of sp³-hybridized carbons (Fsp3) is 0.550. The quantitative estimate of drug-likeness (QED) is 0.0610. The summed E-state index contributed by atoms with van der Waals surface area (Å²) in [4.78, 5) is 47.7. The lowest BCUT2D eigenvalue weighted by Gasteiger charge is -2.54. The van der Waals surface area contributed by atoms with Crippen LogP contribution in [0, 0.1) is 35.5 Å². The van der Waals surface area contributed by atoms with Crippen LogP contribution in [0.2, 0.25) is 0 Å². The van der Waals surface area contributed by atoms with E-state index in [0.717, 1.165) is 12.1 Å². The molecule has 14 nitrogen and oxygen atoms in total. The van der Waals surface area contributed by atoms with E-state index in [2.05, 4.69) is 14.6 Å². The van der Waals surface area contributed by atoms with Gasteiger partial charge < -0.3 is 14.7 Å². The Morgan fingerprint density at radius 1 is 0.567 bits per heavy atom. The number of ketones is 2. The number of esters is 2. The second-order valence-corrected chi connectivity index (χ2v) is 20.2. The number of ether oxygens (including phenoxy) is 2. The van der Waals surface area contributed by atoms with Gasteiger partial charge in [0.05, 0.1) is 0 Å². The molecule has 368 valence electrons. The number of carbonyl (C=O) groups is 4. The third kappa shape index (κ3) is 10.6. The second kappa shape index (κ2) is 18.0. The minimum atomic E-state index is -6.37. The van der Waals surface area contributed by atoms with Gasteiger partial charge in [-0.1, -0.05) is 74.9 Å². The average Bonchev–Trinajstić information content (AvgIpc) is 3.21. The lowest BCUT2D eigenvalue weighted by Crippen LogP contribution is -2.58. The van der Waals surface area contributed by atoms with Gasteiger partial charge in [0.1, 0.15) is 22.8 Å². The van der Waals surface area contributed by atoms with E-state index in [1.54, 1.807) is 6.07 Å². The zero-order valence-electron chi connectivity index (χ0n) is 34.1. The van der Waals surface area contributed by atoms with Crippen LogP contribution in [0.4, 0.5) is 47.8 Å². The molecule has 0 spiro atoms. The summed E-state index contributed by atoms with van der Waals surface area (Å²) in [7, 11) is -12.6. The second-order valence-electron chi connectivity index (χ2n) is 17.3. The largest absolute Gasteiger partial charge is 0.478 e. The third-order valence-corrected chi connectivity index (χ3v) is 14.4. The number of benzene rings is 2. The van der Waals surface area contributed by atoms with Crippen LogP contribution in [-0.2, 0) is 53.3 Å². The van der Waals surface area contributed by atoms with Gasteiger partial charge in [0.25, 0.3) is 0 Å². The number of hydrogen-bond acceptors (Lipinski definition) is 14. The van der Waals surface area contributed by atoms with Crippen molar-refractivity contribution in [3.05, 3.63) is 71.8 Å². The molecular weight excluding hydrogens is 974 g/mol. The third-order valence-electron chi connectivity index (χ3n) is 12.5. The van der Waals surface area contributed by atoms with Crippen LogP contribution in [0.25, 0.3) is 0 Å². The van der Waals surface area contributed by atoms with Gasteiger partial charge >= 0.3 is 55.1 Å². The molecule has 0 aliphatic heterocycles. The Morgan fingerprint density at radius 3 is 1.24 bits per heavy atom. The van der Waals surface area contributed by atoms with Crippen LogP contribution in [0.1, 0.15) is 75.3 Å². The molecule has 8 aliphatic carbocycles. The van der Waals surface area contributed by atoms with E-state index in [1.165, 1.54) is 42.5 Å². The van der Waals surface area contributed by atoms with Crippen molar-refractivity contribution < 1.29 is 103 Å². The van der Waals surface area contributed by atoms with Crippen molar-refractivity contribution in [2.75, 3.05) is 0 Å². The number of oxime groups is 2. The molecule has 8 fully saturated rings. The van der Waals surface area contributed by atoms with E-state index < -0.39 is 95.2 Å². The minimum absolute atomic E-state index is 0.00589. The first-order valence-electron chi connectivity index (χ1n) is 20.1. The number of alkyl halides is 10. The highest BCUT2D eigenvalue weighted by Gasteiger charge is 2.64. The Hall–Kier alpha value is -5.21. The standard InChI is InChI=1S/C20H18F5NO6S.C12H13F3O5S.C8H6F3NO/c21-19(22,23)16(12-4-2-1-3-5-12)26-32-33(29,30)20(24,25)17(28)31-18-8-11-6-13(9-18)15(27)14(7-11)10-18;13-12(14,21(15,18)19)10(17)20-11-3-6-1-7(4-11)9(16)8(2-6)5-11;9-8(10,11)7(12-13)6-4-2-1-3-5-6/h1-5,11,13-14H,6-10H2;6-8H,1-5H2;1-5,13H/b26-16-;;12-7-. The van der Waals surface area contributed by atoms with Crippen LogP contribution < -0.4 is 0 Å². The molecule has 8 saturated carbocycles. The molecule has 8 bridgehead atoms. The maximum absolute atomic E-state index is 14.5. The maximum atomic E-state index is 14.5. The number of hydrogen-bond donors (Lipinski definition) is 1. The Balaban J connectivity index is 0.000000185. The van der Waals surface area contributed by atoms with Crippen molar-refractivity contribution in [2.24, 2.45) is 45.8 Å². The minimum Gasteiger partial charge on any atom is -0.454 e. The molecule has 2 aromatic rings. The summed E-state index contributed by atoms with van der Waals surface area (Å²) in [5, 5.41) is 2.27. The van der Waals surface area contributed by atoms with Gasteiger partial charge in [-0.05, 0) is 76.0 Å². The summed E-state index contributed by atoms with van der Waals surface area (Å²) < 4.78 is 202. The molecule has 0 aromatic heterocycles. The molecule has 67 heavy (non-hydrogen) atoms. The highest BCUT2D eigenvalue weighted by atomic mass is 32.3. The van der Waals surface area contributed by atoms with Crippen molar-refractivity contribution in [1.82, 2.24) is 0 Å². The zero-order chi connectivity index (χ0) is 49.8. The smallest absolute Gasteiger partial charge is 0.454 e. The number of carbonyl (C=O) groups excluding carboxylic acids is 4. The Morgan fingerprint density at radius 2 is 0.910 bits per heavy atom. The predicted molar refractivity (Wildman–Crippen MR) is 205 cm³/mol. The molecule has 4 atom stereocenters. The first-order valence-corrected chi connectivity index (χ1v) is 22.9.